The van der Waals surface area contributed by atoms with Crippen molar-refractivity contribution in [3.8, 4) is 11.5 Å². The maximum atomic E-state index is 13.9. The number of methoxy groups -OCH3 is 2. The molecule has 3 aliphatic rings. The standard InChI is InChI=1S/C30H42N4O5/c1-21(35)32-13-15-33(16-14-32)29-23(18-25-26(37-2)11-12-27(38-3)28(25)31-29)19-34(20-24-10-7-17-39-24)30(36)22-8-5-4-6-9-22/h11-12,18,22,24H,4-10,13-17,19-20H2,1-3H3. The van der Waals surface area contributed by atoms with Gasteiger partial charge in [0.25, 0.3) is 0 Å². The number of hydrogen-bond acceptors (Lipinski definition) is 7. The summed E-state index contributed by atoms with van der Waals surface area (Å²) in [5.41, 5.74) is 1.71. The average molecular weight is 539 g/mol. The first-order valence-electron chi connectivity index (χ1n) is 14.4. The Labute approximate surface area is 231 Å². The lowest BCUT2D eigenvalue weighted by molar-refractivity contribution is -0.138. The third-order valence-electron chi connectivity index (χ3n) is 8.50. The highest BCUT2D eigenvalue weighted by molar-refractivity contribution is 5.92. The zero-order valence-corrected chi connectivity index (χ0v) is 23.6. The molecule has 2 aromatic rings. The molecule has 0 radical (unpaired) electrons. The van der Waals surface area contributed by atoms with Crippen LogP contribution in [0.4, 0.5) is 5.82 Å². The van der Waals surface area contributed by atoms with Crippen LogP contribution in [-0.2, 0) is 20.9 Å². The van der Waals surface area contributed by atoms with E-state index in [4.69, 9.17) is 19.2 Å². The van der Waals surface area contributed by atoms with Crippen molar-refractivity contribution >= 4 is 28.5 Å². The number of benzene rings is 1. The zero-order chi connectivity index (χ0) is 27.4. The first-order valence-corrected chi connectivity index (χ1v) is 14.4. The summed E-state index contributed by atoms with van der Waals surface area (Å²) in [5.74, 6) is 2.63. The number of hydrogen-bond donors (Lipinski definition) is 0. The number of piperazine rings is 1. The quantitative estimate of drug-likeness (QED) is 0.502. The Balaban J connectivity index is 1.54. The first kappa shape index (κ1) is 27.5. The molecule has 0 spiro atoms. The van der Waals surface area contributed by atoms with Crippen molar-refractivity contribution in [1.29, 1.82) is 0 Å². The largest absolute Gasteiger partial charge is 0.496 e. The molecule has 3 heterocycles. The Hall–Kier alpha value is -3.07. The van der Waals surface area contributed by atoms with Gasteiger partial charge < -0.3 is 28.9 Å². The molecular weight excluding hydrogens is 496 g/mol. The molecule has 5 rings (SSSR count). The maximum Gasteiger partial charge on any atom is 0.226 e. The van der Waals surface area contributed by atoms with Crippen LogP contribution in [0.2, 0.25) is 0 Å². The molecule has 212 valence electrons. The van der Waals surface area contributed by atoms with Crippen LogP contribution in [0.5, 0.6) is 11.5 Å². The van der Waals surface area contributed by atoms with Gasteiger partial charge in [-0.25, -0.2) is 4.98 Å². The molecule has 9 heteroatoms. The summed E-state index contributed by atoms with van der Waals surface area (Å²) in [6.07, 6.45) is 7.45. The lowest BCUT2D eigenvalue weighted by atomic mass is 9.88. The predicted octanol–water partition coefficient (Wildman–Crippen LogP) is 4.01. The van der Waals surface area contributed by atoms with Crippen molar-refractivity contribution < 1.29 is 23.8 Å². The number of anilines is 1. The van der Waals surface area contributed by atoms with Gasteiger partial charge in [-0.3, -0.25) is 9.59 Å². The Morgan fingerprint density at radius 3 is 2.36 bits per heavy atom. The Morgan fingerprint density at radius 2 is 1.72 bits per heavy atom. The minimum atomic E-state index is 0.0724. The molecule has 2 aliphatic heterocycles. The lowest BCUT2D eigenvalue weighted by Crippen LogP contribution is -2.49. The second-order valence-corrected chi connectivity index (χ2v) is 11.0. The van der Waals surface area contributed by atoms with E-state index >= 15 is 0 Å². The Kier molecular flexibility index (Phi) is 8.75. The van der Waals surface area contributed by atoms with Crippen LogP contribution in [-0.4, -0.2) is 86.3 Å². The molecule has 1 aromatic carbocycles. The second kappa shape index (κ2) is 12.4. The summed E-state index contributed by atoms with van der Waals surface area (Å²) in [7, 11) is 3.31. The van der Waals surface area contributed by atoms with Gasteiger partial charge in [0.2, 0.25) is 11.8 Å². The summed E-state index contributed by atoms with van der Waals surface area (Å²) in [6, 6.07) is 5.89. The van der Waals surface area contributed by atoms with Crippen molar-refractivity contribution in [1.82, 2.24) is 14.8 Å². The fourth-order valence-corrected chi connectivity index (χ4v) is 6.29. The van der Waals surface area contributed by atoms with Gasteiger partial charge in [0, 0.05) is 69.7 Å². The van der Waals surface area contributed by atoms with Gasteiger partial charge in [-0.1, -0.05) is 19.3 Å². The molecule has 1 saturated carbocycles. The number of rotatable bonds is 8. The minimum absolute atomic E-state index is 0.0724. The van der Waals surface area contributed by atoms with E-state index in [2.05, 4.69) is 11.0 Å². The molecule has 1 atom stereocenters. The van der Waals surface area contributed by atoms with E-state index in [9.17, 15) is 9.59 Å². The number of carbonyl (C=O) groups excluding carboxylic acids is 2. The third-order valence-corrected chi connectivity index (χ3v) is 8.50. The number of amides is 2. The number of carbonyl (C=O) groups is 2. The van der Waals surface area contributed by atoms with Gasteiger partial charge in [-0.15, -0.1) is 0 Å². The molecule has 9 nitrogen and oxygen atoms in total. The zero-order valence-electron chi connectivity index (χ0n) is 23.6. The molecule has 1 unspecified atom stereocenters. The molecule has 0 N–H and O–H groups in total. The Morgan fingerprint density at radius 1 is 1.00 bits per heavy atom. The van der Waals surface area contributed by atoms with Gasteiger partial charge in [0.1, 0.15) is 22.8 Å². The smallest absolute Gasteiger partial charge is 0.226 e. The third kappa shape index (κ3) is 6.08. The van der Waals surface area contributed by atoms with Gasteiger partial charge in [-0.2, -0.15) is 0 Å². The first-order chi connectivity index (χ1) is 19.0. The van der Waals surface area contributed by atoms with E-state index in [1.807, 2.05) is 21.9 Å². The highest BCUT2D eigenvalue weighted by atomic mass is 16.5. The predicted molar refractivity (Wildman–Crippen MR) is 150 cm³/mol. The van der Waals surface area contributed by atoms with E-state index in [0.29, 0.717) is 45.0 Å². The topological polar surface area (TPSA) is 84.4 Å². The van der Waals surface area contributed by atoms with Gasteiger partial charge in [-0.05, 0) is 43.9 Å². The minimum Gasteiger partial charge on any atom is -0.496 e. The summed E-state index contributed by atoms with van der Waals surface area (Å²) in [4.78, 5) is 37.2. The van der Waals surface area contributed by atoms with E-state index in [1.165, 1.54) is 6.42 Å². The van der Waals surface area contributed by atoms with Crippen molar-refractivity contribution in [2.75, 3.05) is 58.5 Å². The molecule has 0 bridgehead atoms. The monoisotopic (exact) mass is 538 g/mol. The lowest BCUT2D eigenvalue weighted by Gasteiger charge is -2.37. The highest BCUT2D eigenvalue weighted by Gasteiger charge is 2.31. The molecule has 3 fully saturated rings. The van der Waals surface area contributed by atoms with Crippen LogP contribution >= 0.6 is 0 Å². The average Bonchev–Trinajstić information content (AvgIpc) is 3.49. The van der Waals surface area contributed by atoms with Crippen molar-refractivity contribution in [2.45, 2.75) is 64.5 Å². The molecular formula is C30H42N4O5. The van der Waals surface area contributed by atoms with Gasteiger partial charge in [0.05, 0.1) is 20.3 Å². The number of ether oxygens (including phenoxy) is 3. The van der Waals surface area contributed by atoms with E-state index in [-0.39, 0.29) is 23.8 Å². The summed E-state index contributed by atoms with van der Waals surface area (Å²) < 4.78 is 17.4. The fraction of sp³-hybridized carbons (Fsp3) is 0.633. The number of fused-ring (bicyclic) bond motifs is 1. The van der Waals surface area contributed by atoms with Crippen molar-refractivity contribution in [2.24, 2.45) is 5.92 Å². The molecule has 2 amide bonds. The van der Waals surface area contributed by atoms with Crippen LogP contribution in [0.15, 0.2) is 18.2 Å². The normalized spacial score (nSPS) is 20.3. The van der Waals surface area contributed by atoms with Crippen LogP contribution in [0.25, 0.3) is 10.9 Å². The number of aromatic nitrogens is 1. The van der Waals surface area contributed by atoms with E-state index < -0.39 is 0 Å². The molecule has 1 aliphatic carbocycles. The summed E-state index contributed by atoms with van der Waals surface area (Å²) >= 11 is 0. The van der Waals surface area contributed by atoms with E-state index in [0.717, 1.165) is 73.2 Å². The van der Waals surface area contributed by atoms with Crippen LogP contribution < -0.4 is 14.4 Å². The second-order valence-electron chi connectivity index (χ2n) is 11.0. The summed E-state index contributed by atoms with van der Waals surface area (Å²) in [5, 5.41) is 0.861. The fourth-order valence-electron chi connectivity index (χ4n) is 6.29. The highest BCUT2D eigenvalue weighted by Crippen LogP contribution is 2.37. The Bertz CT molecular complexity index is 1170. The van der Waals surface area contributed by atoms with Crippen LogP contribution in [0.1, 0.15) is 57.4 Å². The van der Waals surface area contributed by atoms with Gasteiger partial charge >= 0.3 is 0 Å². The van der Waals surface area contributed by atoms with E-state index in [1.54, 1.807) is 21.1 Å². The summed E-state index contributed by atoms with van der Waals surface area (Å²) in [6.45, 7) is 6.08. The van der Waals surface area contributed by atoms with Crippen LogP contribution in [0, 0.1) is 5.92 Å². The number of nitrogens with zero attached hydrogens (tertiary/aromatic N) is 4. The van der Waals surface area contributed by atoms with Gasteiger partial charge in [0.15, 0.2) is 0 Å². The molecule has 2 saturated heterocycles. The van der Waals surface area contributed by atoms with Crippen molar-refractivity contribution in [3.05, 3.63) is 23.8 Å². The van der Waals surface area contributed by atoms with Crippen LogP contribution in [0.3, 0.4) is 0 Å². The SMILES string of the molecule is COc1ccc(OC)c2nc(N3CCN(C(C)=O)CC3)c(CN(CC3CCCO3)C(=O)C3CCCCC3)cc12. The van der Waals surface area contributed by atoms with Crippen molar-refractivity contribution in [3.63, 3.8) is 0 Å². The molecule has 39 heavy (non-hydrogen) atoms. The number of pyridine rings is 1. The molecule has 1 aromatic heterocycles. The maximum absolute atomic E-state index is 13.9.